The molecule has 3 N–H and O–H groups in total. The number of carbonyl (C=O) groups excluding carboxylic acids is 1. The number of hydrogen-bond donors (Lipinski definition) is 2. The third-order valence-electron chi connectivity index (χ3n) is 3.74. The molecule has 1 saturated carbocycles. The minimum absolute atomic E-state index is 0.182. The van der Waals surface area contributed by atoms with Gasteiger partial charge in [0.1, 0.15) is 5.54 Å². The van der Waals surface area contributed by atoms with Gasteiger partial charge in [-0.3, -0.25) is 4.79 Å². The molecule has 1 fully saturated rings. The Morgan fingerprint density at radius 1 is 1.50 bits per heavy atom. The van der Waals surface area contributed by atoms with Crippen molar-refractivity contribution in [1.82, 2.24) is 10.2 Å². The van der Waals surface area contributed by atoms with Crippen molar-refractivity contribution in [3.8, 4) is 0 Å². The summed E-state index contributed by atoms with van der Waals surface area (Å²) in [7, 11) is 4.06. The van der Waals surface area contributed by atoms with Crippen LogP contribution in [-0.4, -0.2) is 43.5 Å². The summed E-state index contributed by atoms with van der Waals surface area (Å²) in [4.78, 5) is 13.8. The maximum Gasteiger partial charge on any atom is 0.238 e. The second-order valence-corrected chi connectivity index (χ2v) is 5.21. The van der Waals surface area contributed by atoms with Crippen LogP contribution in [0.2, 0.25) is 0 Å². The van der Waals surface area contributed by atoms with E-state index in [4.69, 9.17) is 5.73 Å². The zero-order valence-corrected chi connectivity index (χ0v) is 10.8. The van der Waals surface area contributed by atoms with Gasteiger partial charge in [0.15, 0.2) is 0 Å². The Bertz CT molecular complexity index is 242. The van der Waals surface area contributed by atoms with Crippen LogP contribution in [0.25, 0.3) is 0 Å². The average Bonchev–Trinajstić information content (AvgIpc) is 2.20. The number of likely N-dealkylation sites (N-methyl/N-ethyl adjacent to an activating group) is 1. The van der Waals surface area contributed by atoms with Crippen molar-refractivity contribution in [2.24, 2.45) is 11.7 Å². The highest BCUT2D eigenvalue weighted by molar-refractivity contribution is 5.85. The number of nitrogens with two attached hydrogens (primary N) is 1. The first-order chi connectivity index (χ1) is 7.49. The fraction of sp³-hybridized carbons (Fsp3) is 0.917. The average molecular weight is 227 g/mol. The van der Waals surface area contributed by atoms with Gasteiger partial charge in [-0.1, -0.05) is 19.8 Å². The molecule has 4 heteroatoms. The Kier molecular flexibility index (Phi) is 4.74. The smallest absolute Gasteiger partial charge is 0.238 e. The van der Waals surface area contributed by atoms with Crippen LogP contribution in [0, 0.1) is 5.92 Å². The Balaban J connectivity index is 2.61. The molecule has 1 aliphatic carbocycles. The van der Waals surface area contributed by atoms with E-state index in [2.05, 4.69) is 17.1 Å². The van der Waals surface area contributed by atoms with Gasteiger partial charge >= 0.3 is 0 Å². The molecule has 0 aromatic carbocycles. The van der Waals surface area contributed by atoms with Gasteiger partial charge in [0.2, 0.25) is 5.91 Å². The molecule has 1 aliphatic rings. The van der Waals surface area contributed by atoms with Gasteiger partial charge in [0, 0.05) is 13.1 Å². The molecule has 2 atom stereocenters. The summed E-state index contributed by atoms with van der Waals surface area (Å²) in [5, 5.41) is 3.40. The first-order valence-electron chi connectivity index (χ1n) is 6.18. The van der Waals surface area contributed by atoms with Crippen molar-refractivity contribution in [3.05, 3.63) is 0 Å². The molecule has 0 heterocycles. The van der Waals surface area contributed by atoms with Crippen molar-refractivity contribution < 1.29 is 4.79 Å². The fourth-order valence-corrected chi connectivity index (χ4v) is 2.57. The molecular formula is C12H25N3O. The SMILES string of the molecule is CC1CCCCC1(NCCN(C)C)C(N)=O. The van der Waals surface area contributed by atoms with Gasteiger partial charge < -0.3 is 16.0 Å². The molecular weight excluding hydrogens is 202 g/mol. The minimum atomic E-state index is -0.464. The van der Waals surface area contributed by atoms with Gasteiger partial charge in [-0.25, -0.2) is 0 Å². The number of hydrogen-bond acceptors (Lipinski definition) is 3. The maximum absolute atomic E-state index is 11.7. The van der Waals surface area contributed by atoms with E-state index in [0.29, 0.717) is 5.92 Å². The van der Waals surface area contributed by atoms with E-state index in [1.165, 1.54) is 6.42 Å². The summed E-state index contributed by atoms with van der Waals surface area (Å²) < 4.78 is 0. The molecule has 1 amide bonds. The van der Waals surface area contributed by atoms with Crippen molar-refractivity contribution in [3.63, 3.8) is 0 Å². The van der Waals surface area contributed by atoms with Gasteiger partial charge in [-0.05, 0) is 32.9 Å². The number of nitrogens with zero attached hydrogens (tertiary/aromatic N) is 1. The number of rotatable bonds is 5. The standard InChI is InChI=1S/C12H25N3O/c1-10-6-4-5-7-12(10,11(13)16)14-8-9-15(2)3/h10,14H,4-9H2,1-3H3,(H2,13,16). The first-order valence-corrected chi connectivity index (χ1v) is 6.18. The van der Waals surface area contributed by atoms with Crippen LogP contribution >= 0.6 is 0 Å². The third-order valence-corrected chi connectivity index (χ3v) is 3.74. The third kappa shape index (κ3) is 2.95. The molecule has 0 spiro atoms. The quantitative estimate of drug-likeness (QED) is 0.722. The summed E-state index contributed by atoms with van der Waals surface area (Å²) in [5.74, 6) is 0.166. The molecule has 4 nitrogen and oxygen atoms in total. The molecule has 94 valence electrons. The molecule has 0 aromatic heterocycles. The summed E-state index contributed by atoms with van der Waals surface area (Å²) in [6.07, 6.45) is 4.29. The van der Waals surface area contributed by atoms with Gasteiger partial charge in [0.25, 0.3) is 0 Å². The van der Waals surface area contributed by atoms with Crippen molar-refractivity contribution in [1.29, 1.82) is 0 Å². The Labute approximate surface area is 98.6 Å². The number of amides is 1. The predicted octanol–water partition coefficient (Wildman–Crippen LogP) is 0.572. The molecule has 0 aliphatic heterocycles. The van der Waals surface area contributed by atoms with Crippen LogP contribution in [-0.2, 0) is 4.79 Å². The zero-order chi connectivity index (χ0) is 12.2. The van der Waals surface area contributed by atoms with Crippen molar-refractivity contribution in [2.45, 2.75) is 38.1 Å². The molecule has 0 radical (unpaired) electrons. The second-order valence-electron chi connectivity index (χ2n) is 5.21. The summed E-state index contributed by atoms with van der Waals surface area (Å²) in [6.45, 7) is 3.88. The van der Waals surface area contributed by atoms with E-state index in [1.54, 1.807) is 0 Å². The number of primary amides is 1. The molecule has 0 aromatic rings. The van der Waals surface area contributed by atoms with E-state index in [0.717, 1.165) is 32.4 Å². The monoisotopic (exact) mass is 227 g/mol. The zero-order valence-electron chi connectivity index (χ0n) is 10.8. The van der Waals surface area contributed by atoms with Crippen LogP contribution in [0.15, 0.2) is 0 Å². The van der Waals surface area contributed by atoms with E-state index in [1.807, 2.05) is 14.1 Å². The fourth-order valence-electron chi connectivity index (χ4n) is 2.57. The maximum atomic E-state index is 11.7. The molecule has 2 unspecified atom stereocenters. The largest absolute Gasteiger partial charge is 0.368 e. The highest BCUT2D eigenvalue weighted by atomic mass is 16.1. The minimum Gasteiger partial charge on any atom is -0.368 e. The van der Waals surface area contributed by atoms with E-state index >= 15 is 0 Å². The Hall–Kier alpha value is -0.610. The van der Waals surface area contributed by atoms with Crippen LogP contribution < -0.4 is 11.1 Å². The highest BCUT2D eigenvalue weighted by Crippen LogP contribution is 2.33. The van der Waals surface area contributed by atoms with E-state index in [-0.39, 0.29) is 5.91 Å². The van der Waals surface area contributed by atoms with Crippen LogP contribution in [0.3, 0.4) is 0 Å². The molecule has 0 bridgehead atoms. The topological polar surface area (TPSA) is 58.4 Å². The van der Waals surface area contributed by atoms with Crippen LogP contribution in [0.1, 0.15) is 32.6 Å². The highest BCUT2D eigenvalue weighted by Gasteiger charge is 2.42. The van der Waals surface area contributed by atoms with Gasteiger partial charge in [-0.15, -0.1) is 0 Å². The lowest BCUT2D eigenvalue weighted by molar-refractivity contribution is -0.128. The summed E-state index contributed by atoms with van der Waals surface area (Å²) in [6, 6.07) is 0. The molecule has 16 heavy (non-hydrogen) atoms. The molecule has 0 saturated heterocycles. The van der Waals surface area contributed by atoms with Crippen LogP contribution in [0.5, 0.6) is 0 Å². The van der Waals surface area contributed by atoms with Gasteiger partial charge in [0.05, 0.1) is 0 Å². The lowest BCUT2D eigenvalue weighted by Crippen LogP contribution is -2.61. The summed E-state index contributed by atoms with van der Waals surface area (Å²) >= 11 is 0. The first kappa shape index (κ1) is 13.5. The Morgan fingerprint density at radius 2 is 2.19 bits per heavy atom. The predicted molar refractivity (Wildman–Crippen MR) is 66.1 cm³/mol. The number of nitrogens with one attached hydrogen (secondary N) is 1. The lowest BCUT2D eigenvalue weighted by atomic mass is 9.73. The second kappa shape index (κ2) is 5.64. The van der Waals surface area contributed by atoms with Crippen LogP contribution in [0.4, 0.5) is 0 Å². The normalized spacial score (nSPS) is 30.6. The molecule has 1 rings (SSSR count). The summed E-state index contributed by atoms with van der Waals surface area (Å²) in [5.41, 5.74) is 5.13. The van der Waals surface area contributed by atoms with E-state index in [9.17, 15) is 4.79 Å². The van der Waals surface area contributed by atoms with Gasteiger partial charge in [-0.2, -0.15) is 0 Å². The Morgan fingerprint density at radius 3 is 2.69 bits per heavy atom. The lowest BCUT2D eigenvalue weighted by Gasteiger charge is -2.41. The van der Waals surface area contributed by atoms with Crippen molar-refractivity contribution >= 4 is 5.91 Å². The van der Waals surface area contributed by atoms with E-state index < -0.39 is 5.54 Å². The number of carbonyl (C=O) groups is 1. The van der Waals surface area contributed by atoms with Crippen molar-refractivity contribution in [2.75, 3.05) is 27.2 Å².